The highest BCUT2D eigenvalue weighted by Crippen LogP contribution is 2.22. The van der Waals surface area contributed by atoms with Gasteiger partial charge in [0.15, 0.2) is 5.69 Å². The molecule has 2 rings (SSSR count). The van der Waals surface area contributed by atoms with Gasteiger partial charge >= 0.3 is 0 Å². The van der Waals surface area contributed by atoms with Crippen LogP contribution in [-0.4, -0.2) is 30.0 Å². The van der Waals surface area contributed by atoms with Crippen LogP contribution in [0.5, 0.6) is 11.8 Å². The monoisotopic (exact) mass is 296 g/mol. The molecule has 0 unspecified atom stereocenters. The smallest absolute Gasteiger partial charge is 0.247 e. The Hall–Kier alpha value is -2.21. The van der Waals surface area contributed by atoms with Crippen molar-refractivity contribution in [2.75, 3.05) is 14.2 Å². The number of ether oxygens (including phenoxy) is 2. The lowest BCUT2D eigenvalue weighted by atomic mass is 10.1. The first-order valence-electron chi connectivity index (χ1n) is 5.51. The fourth-order valence-electron chi connectivity index (χ4n) is 1.53. The third kappa shape index (κ3) is 2.70. The topological polar surface area (TPSA) is 61.3 Å². The van der Waals surface area contributed by atoms with Gasteiger partial charge in [0.05, 0.1) is 25.4 Å². The molecule has 20 heavy (non-hydrogen) atoms. The molecule has 0 spiro atoms. The quantitative estimate of drug-likeness (QED) is 0.811. The van der Waals surface area contributed by atoms with E-state index in [1.807, 2.05) is 0 Å². The normalized spacial score (nSPS) is 10.2. The lowest BCUT2D eigenvalue weighted by Gasteiger charge is -2.07. The third-order valence-electron chi connectivity index (χ3n) is 2.52. The number of carbonyl (C=O) groups is 1. The summed E-state index contributed by atoms with van der Waals surface area (Å²) in [5, 5.41) is -0.142. The number of ketones is 1. The zero-order chi connectivity index (χ0) is 14.7. The Morgan fingerprint density at radius 2 is 2.05 bits per heavy atom. The van der Waals surface area contributed by atoms with Crippen LogP contribution in [-0.2, 0) is 0 Å². The largest absolute Gasteiger partial charge is 0.480 e. The first kappa shape index (κ1) is 14.2. The molecule has 0 amide bonds. The van der Waals surface area contributed by atoms with Gasteiger partial charge in [-0.25, -0.2) is 9.37 Å². The molecule has 1 heterocycles. The summed E-state index contributed by atoms with van der Waals surface area (Å²) in [4.78, 5) is 20.2. The van der Waals surface area contributed by atoms with E-state index in [1.54, 1.807) is 0 Å². The second kappa shape index (κ2) is 5.83. The zero-order valence-corrected chi connectivity index (χ0v) is 11.4. The highest BCUT2D eigenvalue weighted by molar-refractivity contribution is 6.31. The maximum absolute atomic E-state index is 13.1. The molecule has 0 saturated carbocycles. The van der Waals surface area contributed by atoms with Gasteiger partial charge in [0.25, 0.3) is 0 Å². The SMILES string of the molecule is COc1cnc(C(=O)c2ccc(F)c(Cl)c2)c(OC)n1. The van der Waals surface area contributed by atoms with Crippen molar-refractivity contribution in [1.82, 2.24) is 9.97 Å². The molecule has 0 fully saturated rings. The molecule has 1 aromatic carbocycles. The van der Waals surface area contributed by atoms with Crippen LogP contribution in [0.15, 0.2) is 24.4 Å². The molecule has 0 aliphatic rings. The number of nitrogens with zero attached hydrogens (tertiary/aromatic N) is 2. The number of methoxy groups -OCH3 is 2. The van der Waals surface area contributed by atoms with Crippen molar-refractivity contribution >= 4 is 17.4 Å². The predicted octanol–water partition coefficient (Wildman–Crippen LogP) is 2.52. The number of hydrogen-bond donors (Lipinski definition) is 0. The van der Waals surface area contributed by atoms with E-state index in [1.165, 1.54) is 32.5 Å². The van der Waals surface area contributed by atoms with Crippen molar-refractivity contribution in [3.8, 4) is 11.8 Å². The number of benzene rings is 1. The first-order chi connectivity index (χ1) is 9.56. The van der Waals surface area contributed by atoms with Crippen molar-refractivity contribution in [2.24, 2.45) is 0 Å². The standard InChI is InChI=1S/C13H10ClFN2O3/c1-19-10-6-16-11(13(17-10)20-2)12(18)7-3-4-9(15)8(14)5-7/h3-6H,1-2H3. The number of hydrogen-bond acceptors (Lipinski definition) is 5. The average molecular weight is 297 g/mol. The van der Waals surface area contributed by atoms with E-state index in [4.69, 9.17) is 21.1 Å². The molecular weight excluding hydrogens is 287 g/mol. The first-order valence-corrected chi connectivity index (χ1v) is 5.89. The van der Waals surface area contributed by atoms with E-state index in [2.05, 4.69) is 9.97 Å². The Morgan fingerprint density at radius 1 is 1.30 bits per heavy atom. The lowest BCUT2D eigenvalue weighted by molar-refractivity contribution is 0.103. The Morgan fingerprint density at radius 3 is 2.65 bits per heavy atom. The molecule has 0 bridgehead atoms. The second-order valence-electron chi connectivity index (χ2n) is 3.73. The molecule has 0 atom stereocenters. The van der Waals surface area contributed by atoms with Gasteiger partial charge in [-0.3, -0.25) is 4.79 Å². The van der Waals surface area contributed by atoms with E-state index in [0.29, 0.717) is 0 Å². The number of rotatable bonds is 4. The fourth-order valence-corrected chi connectivity index (χ4v) is 1.71. The minimum atomic E-state index is -0.601. The van der Waals surface area contributed by atoms with Crippen molar-refractivity contribution < 1.29 is 18.7 Å². The van der Waals surface area contributed by atoms with Crippen LogP contribution in [0.2, 0.25) is 5.02 Å². The van der Waals surface area contributed by atoms with Crippen LogP contribution in [0.1, 0.15) is 16.1 Å². The molecule has 0 N–H and O–H groups in total. The molecule has 0 saturated heterocycles. The minimum absolute atomic E-state index is 0.00373. The highest BCUT2D eigenvalue weighted by atomic mass is 35.5. The number of aromatic nitrogens is 2. The number of halogens is 2. The van der Waals surface area contributed by atoms with Gasteiger partial charge in [-0.1, -0.05) is 11.6 Å². The summed E-state index contributed by atoms with van der Waals surface area (Å²) < 4.78 is 23.0. The van der Waals surface area contributed by atoms with Crippen molar-refractivity contribution in [2.45, 2.75) is 0 Å². The summed E-state index contributed by atoms with van der Waals surface area (Å²) in [6.45, 7) is 0. The maximum atomic E-state index is 13.1. The van der Waals surface area contributed by atoms with Crippen LogP contribution in [0.3, 0.4) is 0 Å². The van der Waals surface area contributed by atoms with Crippen LogP contribution < -0.4 is 9.47 Å². The summed E-state index contributed by atoms with van der Waals surface area (Å²) in [6.07, 6.45) is 1.29. The Labute approximate surface area is 119 Å². The summed E-state index contributed by atoms with van der Waals surface area (Å²) in [5.41, 5.74) is 0.185. The van der Waals surface area contributed by atoms with E-state index in [-0.39, 0.29) is 28.0 Å². The van der Waals surface area contributed by atoms with Gasteiger partial charge in [0, 0.05) is 5.56 Å². The zero-order valence-electron chi connectivity index (χ0n) is 10.7. The van der Waals surface area contributed by atoms with Crippen molar-refractivity contribution in [3.63, 3.8) is 0 Å². The van der Waals surface area contributed by atoms with Gasteiger partial charge < -0.3 is 9.47 Å². The maximum Gasteiger partial charge on any atom is 0.247 e. The van der Waals surface area contributed by atoms with Crippen LogP contribution in [0, 0.1) is 5.82 Å². The lowest BCUT2D eigenvalue weighted by Crippen LogP contribution is -2.09. The van der Waals surface area contributed by atoms with Crippen LogP contribution in [0.25, 0.3) is 0 Å². The van der Waals surface area contributed by atoms with Gasteiger partial charge in [-0.15, -0.1) is 0 Å². The van der Waals surface area contributed by atoms with E-state index >= 15 is 0 Å². The van der Waals surface area contributed by atoms with Gasteiger partial charge in [0.2, 0.25) is 17.5 Å². The molecule has 7 heteroatoms. The fraction of sp³-hybridized carbons (Fsp3) is 0.154. The molecule has 0 aliphatic heterocycles. The average Bonchev–Trinajstić information content (AvgIpc) is 2.48. The molecule has 5 nitrogen and oxygen atoms in total. The molecule has 0 radical (unpaired) electrons. The number of carbonyl (C=O) groups excluding carboxylic acids is 1. The Kier molecular flexibility index (Phi) is 4.14. The second-order valence-corrected chi connectivity index (χ2v) is 4.14. The van der Waals surface area contributed by atoms with Gasteiger partial charge in [-0.2, -0.15) is 4.98 Å². The third-order valence-corrected chi connectivity index (χ3v) is 2.81. The summed E-state index contributed by atoms with van der Waals surface area (Å²) in [5.74, 6) is -0.833. The van der Waals surface area contributed by atoms with Crippen molar-refractivity contribution in [1.29, 1.82) is 0 Å². The highest BCUT2D eigenvalue weighted by Gasteiger charge is 2.19. The van der Waals surface area contributed by atoms with Gasteiger partial charge in [-0.05, 0) is 18.2 Å². The Bertz CT molecular complexity index is 664. The molecule has 1 aromatic heterocycles. The molecule has 0 aliphatic carbocycles. The van der Waals surface area contributed by atoms with Crippen LogP contribution >= 0.6 is 11.6 Å². The predicted molar refractivity (Wildman–Crippen MR) is 70.0 cm³/mol. The van der Waals surface area contributed by atoms with E-state index < -0.39 is 11.6 Å². The van der Waals surface area contributed by atoms with Crippen LogP contribution in [0.4, 0.5) is 4.39 Å². The Balaban J connectivity index is 2.44. The van der Waals surface area contributed by atoms with Crippen molar-refractivity contribution in [3.05, 3.63) is 46.5 Å². The van der Waals surface area contributed by atoms with Gasteiger partial charge in [0.1, 0.15) is 5.82 Å². The summed E-state index contributed by atoms with van der Waals surface area (Å²) in [7, 11) is 2.78. The minimum Gasteiger partial charge on any atom is -0.480 e. The molecular formula is C13H10ClFN2O3. The molecule has 2 aromatic rings. The molecule has 104 valence electrons. The van der Waals surface area contributed by atoms with E-state index in [9.17, 15) is 9.18 Å². The summed E-state index contributed by atoms with van der Waals surface area (Å²) >= 11 is 5.65. The van der Waals surface area contributed by atoms with E-state index in [0.717, 1.165) is 6.07 Å². The summed E-state index contributed by atoms with van der Waals surface area (Å²) in [6, 6.07) is 3.65.